The third-order valence-electron chi connectivity index (χ3n) is 3.02. The predicted molar refractivity (Wildman–Crippen MR) is 75.3 cm³/mol. The van der Waals surface area contributed by atoms with Crippen LogP contribution in [0.1, 0.15) is 38.7 Å². The number of hydrogen-bond donors (Lipinski definition) is 2. The summed E-state index contributed by atoms with van der Waals surface area (Å²) in [6.07, 6.45) is 0.477. The molecule has 1 rings (SSSR count). The molecule has 4 heteroatoms. The van der Waals surface area contributed by atoms with Crippen LogP contribution in [-0.4, -0.2) is 30.3 Å². The van der Waals surface area contributed by atoms with Crippen molar-refractivity contribution in [2.45, 2.75) is 39.2 Å². The van der Waals surface area contributed by atoms with Crippen molar-refractivity contribution in [2.75, 3.05) is 13.2 Å². The van der Waals surface area contributed by atoms with Gasteiger partial charge in [-0.25, -0.2) is 0 Å². The number of nitrogens with one attached hydrogen (secondary N) is 1. The van der Waals surface area contributed by atoms with E-state index >= 15 is 0 Å². The van der Waals surface area contributed by atoms with E-state index in [2.05, 4.69) is 19.2 Å². The van der Waals surface area contributed by atoms with E-state index in [0.717, 1.165) is 17.7 Å². The maximum Gasteiger partial charge on any atom is 0.258 e. The van der Waals surface area contributed by atoms with Crippen LogP contribution in [0.3, 0.4) is 0 Å². The number of aliphatic hydroxyl groups excluding tert-OH is 1. The number of benzene rings is 1. The van der Waals surface area contributed by atoms with Gasteiger partial charge in [0.05, 0.1) is 6.10 Å². The van der Waals surface area contributed by atoms with E-state index in [4.69, 9.17) is 9.84 Å². The van der Waals surface area contributed by atoms with E-state index < -0.39 is 6.10 Å². The Morgan fingerprint density at radius 3 is 2.68 bits per heavy atom. The monoisotopic (exact) mass is 265 g/mol. The molecule has 0 saturated heterocycles. The average Bonchev–Trinajstić information content (AvgIpc) is 2.42. The van der Waals surface area contributed by atoms with Crippen LogP contribution in [0.5, 0.6) is 5.75 Å². The third-order valence-corrected chi connectivity index (χ3v) is 3.02. The van der Waals surface area contributed by atoms with Crippen molar-refractivity contribution in [3.05, 3.63) is 29.8 Å². The Morgan fingerprint density at radius 1 is 1.37 bits per heavy atom. The number of ether oxygens (including phenoxy) is 1. The van der Waals surface area contributed by atoms with Gasteiger partial charge in [0.1, 0.15) is 5.75 Å². The Bertz CT molecular complexity index is 404. The van der Waals surface area contributed by atoms with E-state index in [-0.39, 0.29) is 19.1 Å². The number of aliphatic hydroxyl groups is 1. The fraction of sp³-hybridized carbons (Fsp3) is 0.533. The highest BCUT2D eigenvalue weighted by Crippen LogP contribution is 2.28. The first-order chi connectivity index (χ1) is 9.04. The summed E-state index contributed by atoms with van der Waals surface area (Å²) in [6, 6.07) is 7.78. The van der Waals surface area contributed by atoms with Crippen molar-refractivity contribution < 1.29 is 14.6 Å². The smallest absolute Gasteiger partial charge is 0.258 e. The lowest BCUT2D eigenvalue weighted by Gasteiger charge is -2.15. The summed E-state index contributed by atoms with van der Waals surface area (Å²) >= 11 is 0. The highest BCUT2D eigenvalue weighted by molar-refractivity contribution is 5.77. The second-order valence-electron chi connectivity index (χ2n) is 4.79. The first-order valence-electron chi connectivity index (χ1n) is 6.71. The lowest BCUT2D eigenvalue weighted by Crippen LogP contribution is -2.34. The number of para-hydroxylation sites is 1. The zero-order valence-corrected chi connectivity index (χ0v) is 11.8. The van der Waals surface area contributed by atoms with E-state index in [0.29, 0.717) is 5.92 Å². The maximum absolute atomic E-state index is 11.5. The highest BCUT2D eigenvalue weighted by atomic mass is 16.5. The van der Waals surface area contributed by atoms with Gasteiger partial charge in [-0.3, -0.25) is 4.79 Å². The Morgan fingerprint density at radius 2 is 2.05 bits per heavy atom. The molecule has 0 bridgehead atoms. The van der Waals surface area contributed by atoms with Crippen LogP contribution in [0.25, 0.3) is 0 Å². The lowest BCUT2D eigenvalue weighted by molar-refractivity contribution is -0.123. The van der Waals surface area contributed by atoms with Gasteiger partial charge >= 0.3 is 0 Å². The molecular weight excluding hydrogens is 242 g/mol. The largest absolute Gasteiger partial charge is 0.483 e. The Labute approximate surface area is 114 Å². The molecule has 19 heavy (non-hydrogen) atoms. The van der Waals surface area contributed by atoms with Crippen molar-refractivity contribution >= 4 is 5.91 Å². The summed E-state index contributed by atoms with van der Waals surface area (Å²) in [4.78, 5) is 11.5. The fourth-order valence-electron chi connectivity index (χ4n) is 1.69. The van der Waals surface area contributed by atoms with Gasteiger partial charge in [-0.05, 0) is 30.9 Å². The van der Waals surface area contributed by atoms with Crippen LogP contribution in [0.4, 0.5) is 0 Å². The molecule has 0 heterocycles. The van der Waals surface area contributed by atoms with Crippen molar-refractivity contribution in [1.82, 2.24) is 5.32 Å². The van der Waals surface area contributed by atoms with Crippen molar-refractivity contribution in [2.24, 2.45) is 0 Å². The molecule has 0 aliphatic rings. The minimum absolute atomic E-state index is 0.0276. The van der Waals surface area contributed by atoms with Crippen LogP contribution < -0.4 is 10.1 Å². The minimum Gasteiger partial charge on any atom is -0.483 e. The first kappa shape index (κ1) is 15.5. The van der Waals surface area contributed by atoms with E-state index in [1.54, 1.807) is 6.92 Å². The van der Waals surface area contributed by atoms with Crippen molar-refractivity contribution in [3.63, 3.8) is 0 Å². The summed E-state index contributed by atoms with van der Waals surface area (Å²) in [6.45, 7) is 6.10. The van der Waals surface area contributed by atoms with E-state index in [1.807, 2.05) is 24.3 Å². The zero-order valence-electron chi connectivity index (χ0n) is 11.8. The normalized spacial score (nSPS) is 13.7. The Hall–Kier alpha value is -1.55. The van der Waals surface area contributed by atoms with Gasteiger partial charge in [0.2, 0.25) is 0 Å². The Balaban J connectivity index is 2.55. The molecule has 0 spiro atoms. The summed E-state index contributed by atoms with van der Waals surface area (Å²) in [5.74, 6) is 0.931. The molecule has 1 amide bonds. The first-order valence-corrected chi connectivity index (χ1v) is 6.71. The zero-order chi connectivity index (χ0) is 14.3. The standard InChI is InChI=1S/C15H23NO3/c1-4-11(2)13-7-5-6-8-14(13)19-10-15(18)16-9-12(3)17/h5-8,11-12,17H,4,9-10H2,1-3H3,(H,16,18). The molecule has 0 radical (unpaired) electrons. The second kappa shape index (κ2) is 7.79. The van der Waals surface area contributed by atoms with Crippen molar-refractivity contribution in [3.8, 4) is 5.75 Å². The van der Waals surface area contributed by atoms with Crippen LogP contribution >= 0.6 is 0 Å². The van der Waals surface area contributed by atoms with Gasteiger partial charge in [0, 0.05) is 6.54 Å². The average molecular weight is 265 g/mol. The van der Waals surface area contributed by atoms with Crippen LogP contribution in [0.15, 0.2) is 24.3 Å². The van der Waals surface area contributed by atoms with Crippen LogP contribution in [0, 0.1) is 0 Å². The molecule has 2 unspecified atom stereocenters. The molecule has 0 aromatic heterocycles. The molecular formula is C15H23NO3. The van der Waals surface area contributed by atoms with Gasteiger partial charge in [-0.1, -0.05) is 32.0 Å². The number of rotatable bonds is 7. The molecule has 1 aromatic carbocycles. The van der Waals surface area contributed by atoms with Crippen LogP contribution in [0.2, 0.25) is 0 Å². The van der Waals surface area contributed by atoms with Gasteiger partial charge in [0.25, 0.3) is 5.91 Å². The number of carbonyl (C=O) groups is 1. The molecule has 2 N–H and O–H groups in total. The van der Waals surface area contributed by atoms with Gasteiger partial charge < -0.3 is 15.2 Å². The summed E-state index contributed by atoms with van der Waals surface area (Å²) in [5, 5.41) is 11.7. The van der Waals surface area contributed by atoms with E-state index in [9.17, 15) is 4.79 Å². The molecule has 0 saturated carbocycles. The van der Waals surface area contributed by atoms with E-state index in [1.165, 1.54) is 0 Å². The van der Waals surface area contributed by atoms with Gasteiger partial charge in [0.15, 0.2) is 6.61 Å². The van der Waals surface area contributed by atoms with Gasteiger partial charge in [-0.15, -0.1) is 0 Å². The van der Waals surface area contributed by atoms with Crippen LogP contribution in [-0.2, 0) is 4.79 Å². The highest BCUT2D eigenvalue weighted by Gasteiger charge is 2.11. The van der Waals surface area contributed by atoms with Crippen molar-refractivity contribution in [1.29, 1.82) is 0 Å². The molecule has 106 valence electrons. The number of hydrogen-bond acceptors (Lipinski definition) is 3. The predicted octanol–water partition coefficient (Wildman–Crippen LogP) is 2.08. The SMILES string of the molecule is CCC(C)c1ccccc1OCC(=O)NCC(C)O. The third kappa shape index (κ3) is 5.30. The molecule has 0 aliphatic heterocycles. The maximum atomic E-state index is 11.5. The molecule has 0 fully saturated rings. The fourth-order valence-corrected chi connectivity index (χ4v) is 1.69. The van der Waals surface area contributed by atoms with Gasteiger partial charge in [-0.2, -0.15) is 0 Å². The molecule has 0 aliphatic carbocycles. The quantitative estimate of drug-likeness (QED) is 0.793. The molecule has 4 nitrogen and oxygen atoms in total. The lowest BCUT2D eigenvalue weighted by atomic mass is 9.98. The summed E-state index contributed by atoms with van der Waals surface area (Å²) in [7, 11) is 0. The Kier molecular flexibility index (Phi) is 6.36. The summed E-state index contributed by atoms with van der Waals surface area (Å²) in [5.41, 5.74) is 1.12. The molecule has 2 atom stereocenters. The molecule has 1 aromatic rings. The number of carbonyl (C=O) groups excluding carboxylic acids is 1. The topological polar surface area (TPSA) is 58.6 Å². The number of amides is 1. The minimum atomic E-state index is -0.545. The second-order valence-corrected chi connectivity index (χ2v) is 4.79. The summed E-state index contributed by atoms with van der Waals surface area (Å²) < 4.78 is 5.56.